The van der Waals surface area contributed by atoms with Crippen LogP contribution >= 0.6 is 23.2 Å². The van der Waals surface area contributed by atoms with E-state index < -0.39 is 0 Å². The maximum atomic E-state index is 6.13. The molecule has 0 atom stereocenters. The summed E-state index contributed by atoms with van der Waals surface area (Å²) in [6.07, 6.45) is 2.07. The Morgan fingerprint density at radius 2 is 1.84 bits per heavy atom. The molecule has 0 N–H and O–H groups in total. The van der Waals surface area contributed by atoms with Crippen molar-refractivity contribution in [2.75, 3.05) is 40.0 Å². The average molecular weight is 304 g/mol. The maximum Gasteiger partial charge on any atom is 0.156 e. The van der Waals surface area contributed by atoms with E-state index in [1.54, 1.807) is 7.11 Å². The number of halogens is 2. The Labute approximate surface area is 124 Å². The van der Waals surface area contributed by atoms with E-state index in [0.29, 0.717) is 15.8 Å². The van der Waals surface area contributed by atoms with Gasteiger partial charge < -0.3 is 9.47 Å². The van der Waals surface area contributed by atoms with Gasteiger partial charge in [0.1, 0.15) is 0 Å². The molecule has 106 valence electrons. The fourth-order valence-corrected chi connectivity index (χ4v) is 2.97. The van der Waals surface area contributed by atoms with Gasteiger partial charge in [-0.1, -0.05) is 23.2 Å². The van der Waals surface area contributed by atoms with E-state index in [2.05, 4.69) is 4.90 Å². The first kappa shape index (κ1) is 14.9. The highest BCUT2D eigenvalue weighted by atomic mass is 35.5. The van der Waals surface area contributed by atoms with Crippen LogP contribution in [0.3, 0.4) is 0 Å². The molecule has 5 heteroatoms. The Morgan fingerprint density at radius 1 is 1.21 bits per heavy atom. The molecule has 1 aliphatic heterocycles. The molecule has 0 bridgehead atoms. The van der Waals surface area contributed by atoms with E-state index in [4.69, 9.17) is 32.7 Å². The molecule has 1 fully saturated rings. The Kier molecular flexibility index (Phi) is 5.76. The zero-order chi connectivity index (χ0) is 13.7. The molecule has 3 nitrogen and oxygen atoms in total. The zero-order valence-corrected chi connectivity index (χ0v) is 12.6. The number of hydrogen-bond donors (Lipinski definition) is 0. The normalized spacial score (nSPS) is 16.6. The summed E-state index contributed by atoms with van der Waals surface area (Å²) in [4.78, 5) is 2.43. The largest absolute Gasteiger partial charge is 0.494 e. The van der Waals surface area contributed by atoms with Crippen LogP contribution in [0.4, 0.5) is 0 Å². The minimum absolute atomic E-state index is 0.556. The van der Waals surface area contributed by atoms with Crippen molar-refractivity contribution in [2.45, 2.75) is 12.8 Å². The van der Waals surface area contributed by atoms with Crippen molar-refractivity contribution in [1.29, 1.82) is 0 Å². The molecule has 1 saturated heterocycles. The zero-order valence-electron chi connectivity index (χ0n) is 11.1. The topological polar surface area (TPSA) is 21.7 Å². The molecule has 19 heavy (non-hydrogen) atoms. The molecule has 1 heterocycles. The molecule has 1 aliphatic rings. The first-order chi connectivity index (χ1) is 9.20. The predicted molar refractivity (Wildman–Crippen MR) is 78.6 cm³/mol. The highest BCUT2D eigenvalue weighted by molar-refractivity contribution is 6.37. The summed E-state index contributed by atoms with van der Waals surface area (Å²) >= 11 is 12.3. The van der Waals surface area contributed by atoms with Crippen molar-refractivity contribution in [2.24, 2.45) is 0 Å². The van der Waals surface area contributed by atoms with E-state index in [9.17, 15) is 0 Å². The molecular weight excluding hydrogens is 285 g/mol. The van der Waals surface area contributed by atoms with Crippen molar-refractivity contribution in [3.8, 4) is 5.75 Å². The molecule has 0 radical (unpaired) electrons. The fourth-order valence-electron chi connectivity index (χ4n) is 2.28. The molecule has 1 aromatic rings. The summed E-state index contributed by atoms with van der Waals surface area (Å²) in [6, 6.07) is 3.87. The van der Waals surface area contributed by atoms with Gasteiger partial charge in [0, 0.05) is 13.1 Å². The number of ether oxygens (including phenoxy) is 2. The van der Waals surface area contributed by atoms with Gasteiger partial charge in [-0.05, 0) is 37.1 Å². The van der Waals surface area contributed by atoms with Gasteiger partial charge in [0.25, 0.3) is 0 Å². The molecule has 2 rings (SSSR count). The molecule has 0 aromatic heterocycles. The van der Waals surface area contributed by atoms with Crippen LogP contribution in [0.5, 0.6) is 5.75 Å². The van der Waals surface area contributed by atoms with Gasteiger partial charge in [0.15, 0.2) is 5.75 Å². The van der Waals surface area contributed by atoms with Crippen LogP contribution < -0.4 is 4.74 Å². The first-order valence-electron chi connectivity index (χ1n) is 6.52. The molecule has 0 spiro atoms. The summed E-state index contributed by atoms with van der Waals surface area (Å²) < 4.78 is 10.5. The van der Waals surface area contributed by atoms with Gasteiger partial charge in [0.2, 0.25) is 0 Å². The van der Waals surface area contributed by atoms with Gasteiger partial charge >= 0.3 is 0 Å². The maximum absolute atomic E-state index is 6.13. The fraction of sp³-hybridized carbons (Fsp3) is 0.571. The number of aryl methyl sites for hydroxylation is 1. The third kappa shape index (κ3) is 4.25. The van der Waals surface area contributed by atoms with Gasteiger partial charge in [-0.15, -0.1) is 0 Å². The highest BCUT2D eigenvalue weighted by Crippen LogP contribution is 2.34. The number of hydrogen-bond acceptors (Lipinski definition) is 3. The SMILES string of the molecule is COc1c(Cl)cc(CCCN2CCOCC2)cc1Cl. The molecule has 0 amide bonds. The summed E-state index contributed by atoms with van der Waals surface area (Å²) in [5, 5.41) is 1.16. The Hall–Kier alpha value is -0.480. The smallest absolute Gasteiger partial charge is 0.156 e. The standard InChI is InChI=1S/C14H19Cl2NO2/c1-18-14-12(15)9-11(10-13(14)16)3-2-4-17-5-7-19-8-6-17/h9-10H,2-8H2,1H3. The van der Waals surface area contributed by atoms with Crippen LogP contribution in [0.1, 0.15) is 12.0 Å². The number of nitrogens with zero attached hydrogens (tertiary/aromatic N) is 1. The van der Waals surface area contributed by atoms with Crippen molar-refractivity contribution < 1.29 is 9.47 Å². The van der Waals surface area contributed by atoms with Crippen molar-refractivity contribution in [3.63, 3.8) is 0 Å². The number of benzene rings is 1. The van der Waals surface area contributed by atoms with Gasteiger partial charge in [-0.3, -0.25) is 4.90 Å². The number of methoxy groups -OCH3 is 1. The summed E-state index contributed by atoms with van der Waals surface area (Å²) in [5.74, 6) is 0.556. The van der Waals surface area contributed by atoms with E-state index in [-0.39, 0.29) is 0 Å². The second-order valence-electron chi connectivity index (χ2n) is 4.65. The molecule has 0 aliphatic carbocycles. The van der Waals surface area contributed by atoms with Crippen LogP contribution in [0.2, 0.25) is 10.0 Å². The number of morpholine rings is 1. The average Bonchev–Trinajstić information content (AvgIpc) is 2.40. The Morgan fingerprint density at radius 3 is 2.42 bits per heavy atom. The summed E-state index contributed by atoms with van der Waals surface area (Å²) in [5.41, 5.74) is 1.16. The van der Waals surface area contributed by atoms with Crippen LogP contribution in [0.15, 0.2) is 12.1 Å². The third-order valence-electron chi connectivity index (χ3n) is 3.31. The number of rotatable bonds is 5. The molecule has 0 saturated carbocycles. The van der Waals surface area contributed by atoms with E-state index >= 15 is 0 Å². The molecule has 1 aromatic carbocycles. The lowest BCUT2D eigenvalue weighted by atomic mass is 10.1. The van der Waals surface area contributed by atoms with E-state index in [1.807, 2.05) is 12.1 Å². The quantitative estimate of drug-likeness (QED) is 0.833. The molecule has 0 unspecified atom stereocenters. The van der Waals surface area contributed by atoms with E-state index in [1.165, 1.54) is 0 Å². The lowest BCUT2D eigenvalue weighted by Crippen LogP contribution is -2.36. The minimum Gasteiger partial charge on any atom is -0.494 e. The van der Waals surface area contributed by atoms with E-state index in [0.717, 1.165) is 51.3 Å². The Balaban J connectivity index is 1.85. The minimum atomic E-state index is 0.556. The lowest BCUT2D eigenvalue weighted by molar-refractivity contribution is 0.0375. The van der Waals surface area contributed by atoms with Crippen molar-refractivity contribution in [3.05, 3.63) is 27.7 Å². The van der Waals surface area contributed by atoms with Crippen LogP contribution in [0.25, 0.3) is 0 Å². The summed E-state index contributed by atoms with van der Waals surface area (Å²) in [6.45, 7) is 4.85. The van der Waals surface area contributed by atoms with Crippen LogP contribution in [-0.4, -0.2) is 44.9 Å². The highest BCUT2D eigenvalue weighted by Gasteiger charge is 2.11. The summed E-state index contributed by atoms with van der Waals surface area (Å²) in [7, 11) is 1.57. The Bertz CT molecular complexity index is 397. The van der Waals surface area contributed by atoms with Gasteiger partial charge in [0.05, 0.1) is 30.4 Å². The third-order valence-corrected chi connectivity index (χ3v) is 3.87. The van der Waals surface area contributed by atoms with Crippen LogP contribution in [-0.2, 0) is 11.2 Å². The van der Waals surface area contributed by atoms with Crippen molar-refractivity contribution >= 4 is 23.2 Å². The first-order valence-corrected chi connectivity index (χ1v) is 7.28. The van der Waals surface area contributed by atoms with Gasteiger partial charge in [-0.2, -0.15) is 0 Å². The molecular formula is C14H19Cl2NO2. The predicted octanol–water partition coefficient (Wildman–Crippen LogP) is 3.27. The second-order valence-corrected chi connectivity index (χ2v) is 5.46. The second kappa shape index (κ2) is 7.34. The van der Waals surface area contributed by atoms with Crippen molar-refractivity contribution in [1.82, 2.24) is 4.90 Å². The monoisotopic (exact) mass is 303 g/mol. The van der Waals surface area contributed by atoms with Gasteiger partial charge in [-0.25, -0.2) is 0 Å². The van der Waals surface area contributed by atoms with Crippen LogP contribution in [0, 0.1) is 0 Å². The lowest BCUT2D eigenvalue weighted by Gasteiger charge is -2.26.